The van der Waals surface area contributed by atoms with Crippen molar-refractivity contribution in [2.45, 2.75) is 24.9 Å². The molecule has 0 aliphatic rings. The minimum atomic E-state index is -1.24. The molecule has 0 radical (unpaired) electrons. The smallest absolute Gasteiger partial charge is 0.326 e. The Labute approximate surface area is 115 Å². The molecule has 7 heteroatoms. The van der Waals surface area contributed by atoms with E-state index >= 15 is 0 Å². The maximum absolute atomic E-state index is 11.9. The Kier molecular flexibility index (Phi) is 5.67. The van der Waals surface area contributed by atoms with Crippen LogP contribution in [0.4, 0.5) is 0 Å². The number of amides is 2. The van der Waals surface area contributed by atoms with Gasteiger partial charge in [-0.15, -0.1) is 0 Å². The second kappa shape index (κ2) is 7.25. The molecule has 6 N–H and O–H groups in total. The summed E-state index contributed by atoms with van der Waals surface area (Å²) >= 11 is 0. The first-order valence-electron chi connectivity index (χ1n) is 6.04. The van der Waals surface area contributed by atoms with Gasteiger partial charge in [0.15, 0.2) is 0 Å². The Morgan fingerprint density at radius 1 is 1.20 bits per heavy atom. The van der Waals surface area contributed by atoms with E-state index in [4.69, 9.17) is 16.6 Å². The Hall–Kier alpha value is -2.41. The monoisotopic (exact) mass is 279 g/mol. The van der Waals surface area contributed by atoms with Gasteiger partial charge in [-0.25, -0.2) is 4.79 Å². The molecule has 0 aliphatic heterocycles. The summed E-state index contributed by atoms with van der Waals surface area (Å²) in [6.45, 7) is 0. The van der Waals surface area contributed by atoms with Gasteiger partial charge >= 0.3 is 5.97 Å². The summed E-state index contributed by atoms with van der Waals surface area (Å²) in [6.07, 6.45) is -0.199. The molecule has 0 aromatic heterocycles. The van der Waals surface area contributed by atoms with Gasteiger partial charge in [0, 0.05) is 6.42 Å². The molecule has 0 saturated heterocycles. The zero-order valence-electron chi connectivity index (χ0n) is 10.8. The van der Waals surface area contributed by atoms with Crippen molar-refractivity contribution in [1.82, 2.24) is 5.32 Å². The van der Waals surface area contributed by atoms with E-state index in [0.29, 0.717) is 5.56 Å². The number of benzene rings is 1. The number of hydrogen-bond donors (Lipinski definition) is 4. The summed E-state index contributed by atoms with van der Waals surface area (Å²) < 4.78 is 0. The first-order chi connectivity index (χ1) is 9.41. The van der Waals surface area contributed by atoms with E-state index < -0.39 is 29.9 Å². The van der Waals surface area contributed by atoms with Crippen LogP contribution in [0.15, 0.2) is 30.3 Å². The highest BCUT2D eigenvalue weighted by Gasteiger charge is 2.24. The second-order valence-electron chi connectivity index (χ2n) is 4.29. The third kappa shape index (κ3) is 4.69. The molecule has 20 heavy (non-hydrogen) atoms. The highest BCUT2D eigenvalue weighted by atomic mass is 16.4. The second-order valence-corrected chi connectivity index (χ2v) is 4.29. The number of nitrogens with one attached hydrogen (secondary N) is 1. The van der Waals surface area contributed by atoms with Crippen molar-refractivity contribution >= 4 is 17.8 Å². The summed E-state index contributed by atoms with van der Waals surface area (Å²) in [7, 11) is 0. The van der Waals surface area contributed by atoms with E-state index in [2.05, 4.69) is 5.32 Å². The van der Waals surface area contributed by atoms with Crippen molar-refractivity contribution < 1.29 is 19.5 Å². The molecule has 7 nitrogen and oxygen atoms in total. The molecule has 1 aromatic rings. The standard InChI is InChI=1S/C13H17N3O4/c14-10(17)7-6-9(13(19)20)16-12(18)11(15)8-4-2-1-3-5-8/h1-5,9,11H,6-7,15H2,(H2,14,17)(H,16,18)(H,19,20). The number of carboxylic acids is 1. The molecule has 0 bridgehead atoms. The molecular weight excluding hydrogens is 262 g/mol. The molecule has 0 heterocycles. The maximum Gasteiger partial charge on any atom is 0.326 e. The summed E-state index contributed by atoms with van der Waals surface area (Å²) in [4.78, 5) is 33.5. The number of primary amides is 1. The van der Waals surface area contributed by atoms with E-state index in [0.717, 1.165) is 0 Å². The minimum absolute atomic E-state index is 0.0715. The number of carbonyl (C=O) groups excluding carboxylic acids is 2. The van der Waals surface area contributed by atoms with Crippen molar-refractivity contribution in [3.05, 3.63) is 35.9 Å². The number of carbonyl (C=O) groups is 3. The zero-order valence-corrected chi connectivity index (χ0v) is 10.8. The topological polar surface area (TPSA) is 136 Å². The molecule has 0 saturated carbocycles. The molecule has 2 amide bonds. The fourth-order valence-electron chi connectivity index (χ4n) is 1.62. The van der Waals surface area contributed by atoms with Gasteiger partial charge in [-0.3, -0.25) is 9.59 Å². The van der Waals surface area contributed by atoms with Crippen LogP contribution in [0, 0.1) is 0 Å². The lowest BCUT2D eigenvalue weighted by Crippen LogP contribution is -2.45. The van der Waals surface area contributed by atoms with Gasteiger partial charge in [-0.1, -0.05) is 30.3 Å². The molecule has 2 unspecified atom stereocenters. The van der Waals surface area contributed by atoms with Crippen LogP contribution in [0.2, 0.25) is 0 Å². The van der Waals surface area contributed by atoms with Crippen LogP contribution in [0.25, 0.3) is 0 Å². The Bertz CT molecular complexity index is 490. The van der Waals surface area contributed by atoms with E-state index in [1.54, 1.807) is 30.3 Å². The summed E-state index contributed by atoms with van der Waals surface area (Å²) in [5.74, 6) is -2.48. The fourth-order valence-corrected chi connectivity index (χ4v) is 1.62. The van der Waals surface area contributed by atoms with Crippen molar-refractivity contribution in [3.8, 4) is 0 Å². The van der Waals surface area contributed by atoms with Crippen LogP contribution in [0.1, 0.15) is 24.4 Å². The quantitative estimate of drug-likeness (QED) is 0.534. The van der Waals surface area contributed by atoms with Gasteiger partial charge in [-0.2, -0.15) is 0 Å². The lowest BCUT2D eigenvalue weighted by Gasteiger charge is -2.17. The van der Waals surface area contributed by atoms with E-state index in [1.807, 2.05) is 0 Å². The summed E-state index contributed by atoms with van der Waals surface area (Å²) in [6, 6.07) is 6.42. The third-order valence-corrected chi connectivity index (χ3v) is 2.74. The molecule has 2 atom stereocenters. The predicted molar refractivity (Wildman–Crippen MR) is 71.4 cm³/mol. The van der Waals surface area contributed by atoms with Gasteiger partial charge in [0.1, 0.15) is 12.1 Å². The van der Waals surface area contributed by atoms with Crippen molar-refractivity contribution in [1.29, 1.82) is 0 Å². The first-order valence-corrected chi connectivity index (χ1v) is 6.04. The minimum Gasteiger partial charge on any atom is -0.480 e. The van der Waals surface area contributed by atoms with Crippen LogP contribution < -0.4 is 16.8 Å². The lowest BCUT2D eigenvalue weighted by atomic mass is 10.1. The van der Waals surface area contributed by atoms with E-state index in [-0.39, 0.29) is 12.8 Å². The average Bonchev–Trinajstić information content (AvgIpc) is 2.42. The number of nitrogens with two attached hydrogens (primary N) is 2. The maximum atomic E-state index is 11.9. The molecule has 1 rings (SSSR count). The van der Waals surface area contributed by atoms with Crippen LogP contribution in [-0.2, 0) is 14.4 Å². The molecule has 108 valence electrons. The van der Waals surface area contributed by atoms with Gasteiger partial charge in [0.2, 0.25) is 11.8 Å². The van der Waals surface area contributed by atoms with Gasteiger partial charge < -0.3 is 21.9 Å². The van der Waals surface area contributed by atoms with Crippen LogP contribution in [0.5, 0.6) is 0 Å². The van der Waals surface area contributed by atoms with Crippen LogP contribution in [0.3, 0.4) is 0 Å². The number of aliphatic carboxylic acids is 1. The molecule has 0 spiro atoms. The van der Waals surface area contributed by atoms with Gasteiger partial charge in [0.25, 0.3) is 0 Å². The normalized spacial score (nSPS) is 13.2. The van der Waals surface area contributed by atoms with Gasteiger partial charge in [-0.05, 0) is 12.0 Å². The SMILES string of the molecule is NC(=O)CCC(NC(=O)C(N)c1ccccc1)C(=O)O. The molecule has 0 fully saturated rings. The fraction of sp³-hybridized carbons (Fsp3) is 0.308. The number of carboxylic acid groups (broad SMARTS) is 1. The highest BCUT2D eigenvalue weighted by Crippen LogP contribution is 2.10. The van der Waals surface area contributed by atoms with Crippen molar-refractivity contribution in [3.63, 3.8) is 0 Å². The number of rotatable bonds is 7. The van der Waals surface area contributed by atoms with Crippen LogP contribution >= 0.6 is 0 Å². The average molecular weight is 279 g/mol. The lowest BCUT2D eigenvalue weighted by molar-refractivity contribution is -0.142. The molecule has 1 aromatic carbocycles. The Balaban J connectivity index is 2.66. The summed E-state index contributed by atoms with van der Waals surface area (Å²) in [5.41, 5.74) is 11.3. The Morgan fingerprint density at radius 3 is 2.30 bits per heavy atom. The van der Waals surface area contributed by atoms with E-state index in [1.165, 1.54) is 0 Å². The zero-order chi connectivity index (χ0) is 15.1. The summed E-state index contributed by atoms with van der Waals surface area (Å²) in [5, 5.41) is 11.3. The molecule has 0 aliphatic carbocycles. The van der Waals surface area contributed by atoms with Crippen LogP contribution in [-0.4, -0.2) is 28.9 Å². The molecular formula is C13H17N3O4. The van der Waals surface area contributed by atoms with Crippen molar-refractivity contribution in [2.75, 3.05) is 0 Å². The largest absolute Gasteiger partial charge is 0.480 e. The Morgan fingerprint density at radius 2 is 1.80 bits per heavy atom. The predicted octanol–water partition coefficient (Wildman–Crippen LogP) is -0.479. The van der Waals surface area contributed by atoms with Gasteiger partial charge in [0.05, 0.1) is 0 Å². The van der Waals surface area contributed by atoms with Crippen molar-refractivity contribution in [2.24, 2.45) is 11.5 Å². The van der Waals surface area contributed by atoms with E-state index in [9.17, 15) is 14.4 Å². The highest BCUT2D eigenvalue weighted by molar-refractivity contribution is 5.88. The first kappa shape index (κ1) is 15.6. The third-order valence-electron chi connectivity index (χ3n) is 2.74. The number of hydrogen-bond acceptors (Lipinski definition) is 4.